The number of pyridine rings is 1. The van der Waals surface area contributed by atoms with Gasteiger partial charge in [0.25, 0.3) is 5.56 Å². The van der Waals surface area contributed by atoms with E-state index in [9.17, 15) is 9.59 Å². The average Bonchev–Trinajstić information content (AvgIpc) is 3.65. The van der Waals surface area contributed by atoms with Crippen molar-refractivity contribution in [2.75, 3.05) is 24.7 Å². The number of aromatic amines is 1. The Morgan fingerprint density at radius 1 is 0.739 bits per heavy atom. The summed E-state index contributed by atoms with van der Waals surface area (Å²) in [6, 6.07) is 38.4. The minimum atomic E-state index is -0.0717. The summed E-state index contributed by atoms with van der Waals surface area (Å²) in [6.07, 6.45) is 2.60. The number of amides is 1. The van der Waals surface area contributed by atoms with E-state index in [-0.39, 0.29) is 5.56 Å². The quantitative estimate of drug-likeness (QED) is 0.161. The van der Waals surface area contributed by atoms with Crippen molar-refractivity contribution in [2.45, 2.75) is 19.6 Å². The van der Waals surface area contributed by atoms with Crippen LogP contribution in [-0.2, 0) is 24.4 Å². The minimum absolute atomic E-state index is 0.0717. The lowest BCUT2D eigenvalue weighted by atomic mass is 9.98. The molecule has 6 rings (SSSR count). The molecule has 6 aromatic rings. The second-order valence-electron chi connectivity index (χ2n) is 10.8. The number of carbonyl (C=O) groups is 1. The predicted molar refractivity (Wildman–Crippen MR) is 182 cm³/mol. The summed E-state index contributed by atoms with van der Waals surface area (Å²) in [6.45, 7) is 1.62. The van der Waals surface area contributed by atoms with Crippen molar-refractivity contribution < 1.29 is 4.79 Å². The number of aromatic nitrogens is 5. The molecule has 0 radical (unpaired) electrons. The number of nitrogens with zero attached hydrogens (tertiary/aromatic N) is 5. The number of benzene rings is 4. The molecule has 0 aliphatic rings. The molecule has 0 fully saturated rings. The number of carbonyl (C=O) groups excluding carboxylic acids is 1. The van der Waals surface area contributed by atoms with Crippen molar-refractivity contribution in [2.24, 2.45) is 0 Å². The maximum Gasteiger partial charge on any atom is 0.276 e. The number of hydrogen-bond donors (Lipinski definition) is 3. The van der Waals surface area contributed by atoms with E-state index in [4.69, 9.17) is 0 Å². The maximum absolute atomic E-state index is 13.7. The number of anilines is 2. The van der Waals surface area contributed by atoms with Gasteiger partial charge in [-0.15, -0.1) is 10.2 Å². The number of H-pyrrole nitrogens is 1. The van der Waals surface area contributed by atoms with Crippen LogP contribution >= 0.6 is 0 Å². The number of tetrazole rings is 1. The van der Waals surface area contributed by atoms with Gasteiger partial charge in [0.05, 0.1) is 12.2 Å². The van der Waals surface area contributed by atoms with Gasteiger partial charge in [-0.2, -0.15) is 5.21 Å². The first kappa shape index (κ1) is 31.4. The van der Waals surface area contributed by atoms with Gasteiger partial charge in [-0.3, -0.25) is 9.59 Å². The Labute approximate surface area is 267 Å². The van der Waals surface area contributed by atoms with Crippen molar-refractivity contribution in [1.82, 2.24) is 30.1 Å². The first-order valence-corrected chi connectivity index (χ1v) is 14.8. The van der Waals surface area contributed by atoms with E-state index < -0.39 is 0 Å². The van der Waals surface area contributed by atoms with Crippen LogP contribution in [0.4, 0.5) is 11.4 Å². The second kappa shape index (κ2) is 15.6. The molecule has 0 saturated carbocycles. The van der Waals surface area contributed by atoms with Gasteiger partial charge in [0.2, 0.25) is 12.2 Å². The molecule has 0 atom stereocenters. The topological polar surface area (TPSA) is 121 Å². The zero-order chi connectivity index (χ0) is 32.1. The molecule has 2 aromatic heterocycles. The summed E-state index contributed by atoms with van der Waals surface area (Å²) in [4.78, 5) is 24.5. The fourth-order valence-corrected chi connectivity index (χ4v) is 4.79. The minimum Gasteiger partial charge on any atom is -0.379 e. The Hall–Kier alpha value is -6.03. The molecule has 3 N–H and O–H groups in total. The van der Waals surface area contributed by atoms with Gasteiger partial charge < -0.3 is 20.1 Å². The van der Waals surface area contributed by atoms with Gasteiger partial charge in [0.15, 0.2) is 0 Å². The zero-order valence-corrected chi connectivity index (χ0v) is 25.8. The van der Waals surface area contributed by atoms with Crippen LogP contribution in [0.5, 0.6) is 0 Å². The SMILES string of the molecule is CN(C)C=O.O=c1c(NCc2ccc(-c3ccccc3-c3nn[nH]n3)cc2)c(NCc2ccccc2)ccn1Cc1ccccc1. The lowest BCUT2D eigenvalue weighted by Gasteiger charge is -2.16. The molecule has 0 spiro atoms. The van der Waals surface area contributed by atoms with Gasteiger partial charge >= 0.3 is 0 Å². The van der Waals surface area contributed by atoms with Crippen molar-refractivity contribution in [1.29, 1.82) is 0 Å². The van der Waals surface area contributed by atoms with Gasteiger partial charge in [0, 0.05) is 38.9 Å². The molecule has 0 unspecified atom stereocenters. The van der Waals surface area contributed by atoms with Gasteiger partial charge in [-0.05, 0) is 39.1 Å². The second-order valence-corrected chi connectivity index (χ2v) is 10.8. The van der Waals surface area contributed by atoms with E-state index in [2.05, 4.69) is 67.7 Å². The Morgan fingerprint density at radius 2 is 1.33 bits per heavy atom. The van der Waals surface area contributed by atoms with Crippen LogP contribution in [0.2, 0.25) is 0 Å². The molecule has 0 saturated heterocycles. The third kappa shape index (κ3) is 8.32. The largest absolute Gasteiger partial charge is 0.379 e. The number of nitrogens with one attached hydrogen (secondary N) is 3. The number of hydrogen-bond acceptors (Lipinski definition) is 7. The Morgan fingerprint density at radius 3 is 1.96 bits per heavy atom. The molecule has 1 amide bonds. The maximum atomic E-state index is 13.7. The molecule has 0 aliphatic carbocycles. The van der Waals surface area contributed by atoms with E-state index >= 15 is 0 Å². The van der Waals surface area contributed by atoms with Crippen LogP contribution in [0.25, 0.3) is 22.5 Å². The van der Waals surface area contributed by atoms with Crippen LogP contribution in [0, 0.1) is 0 Å². The standard InChI is InChI=1S/C33H29N7O.C3H7NO/c41-33-31(30(34-21-24-9-3-1-4-10-24)19-20-40(33)23-26-11-5-2-6-12-26)35-22-25-15-17-27(18-16-25)28-13-7-8-14-29(28)32-36-38-39-37-32;1-4(2)3-5/h1-20,34-35H,21-23H2,(H,36,37,38,39);3H,1-2H3. The van der Waals surface area contributed by atoms with Gasteiger partial charge in [0.1, 0.15) is 5.69 Å². The fraction of sp³-hybridized carbons (Fsp3) is 0.139. The Kier molecular flexibility index (Phi) is 10.7. The summed E-state index contributed by atoms with van der Waals surface area (Å²) in [7, 11) is 3.38. The molecule has 10 nitrogen and oxygen atoms in total. The summed E-state index contributed by atoms with van der Waals surface area (Å²) in [5.41, 5.74) is 7.49. The normalized spacial score (nSPS) is 10.4. The highest BCUT2D eigenvalue weighted by Gasteiger charge is 2.13. The summed E-state index contributed by atoms with van der Waals surface area (Å²) in [5.74, 6) is 0.553. The van der Waals surface area contributed by atoms with E-state index in [0.717, 1.165) is 45.5 Å². The zero-order valence-electron chi connectivity index (χ0n) is 25.8. The Balaban J connectivity index is 0.000000775. The van der Waals surface area contributed by atoms with Crippen LogP contribution in [-0.4, -0.2) is 50.6 Å². The monoisotopic (exact) mass is 612 g/mol. The highest BCUT2D eigenvalue weighted by atomic mass is 16.1. The highest BCUT2D eigenvalue weighted by molar-refractivity contribution is 5.80. The lowest BCUT2D eigenvalue weighted by Crippen LogP contribution is -2.25. The van der Waals surface area contributed by atoms with Crippen molar-refractivity contribution in [3.63, 3.8) is 0 Å². The smallest absolute Gasteiger partial charge is 0.276 e. The lowest BCUT2D eigenvalue weighted by molar-refractivity contribution is -0.115. The fourth-order valence-electron chi connectivity index (χ4n) is 4.79. The summed E-state index contributed by atoms with van der Waals surface area (Å²) < 4.78 is 1.74. The van der Waals surface area contributed by atoms with E-state index in [0.29, 0.717) is 31.1 Å². The first-order valence-electron chi connectivity index (χ1n) is 14.8. The third-order valence-electron chi connectivity index (χ3n) is 7.15. The summed E-state index contributed by atoms with van der Waals surface area (Å²) in [5, 5.41) is 21.4. The molecule has 4 aromatic carbocycles. The number of rotatable bonds is 11. The van der Waals surface area contributed by atoms with Crippen LogP contribution in [0.1, 0.15) is 16.7 Å². The highest BCUT2D eigenvalue weighted by Crippen LogP contribution is 2.30. The van der Waals surface area contributed by atoms with Gasteiger partial charge in [-0.1, -0.05) is 109 Å². The van der Waals surface area contributed by atoms with E-state index in [1.165, 1.54) is 4.90 Å². The summed E-state index contributed by atoms with van der Waals surface area (Å²) >= 11 is 0. The van der Waals surface area contributed by atoms with Crippen molar-refractivity contribution in [3.8, 4) is 22.5 Å². The van der Waals surface area contributed by atoms with Crippen LogP contribution in [0.3, 0.4) is 0 Å². The molecule has 10 heteroatoms. The molecule has 0 bridgehead atoms. The van der Waals surface area contributed by atoms with E-state index in [1.807, 2.05) is 85.1 Å². The molecule has 0 aliphatic heterocycles. The van der Waals surface area contributed by atoms with E-state index in [1.54, 1.807) is 18.7 Å². The van der Waals surface area contributed by atoms with Crippen LogP contribution in [0.15, 0.2) is 126 Å². The predicted octanol–water partition coefficient (Wildman–Crippen LogP) is 5.67. The molecular weight excluding hydrogens is 576 g/mol. The Bertz CT molecular complexity index is 1870. The molecule has 2 heterocycles. The first-order chi connectivity index (χ1) is 22.5. The van der Waals surface area contributed by atoms with Crippen LogP contribution < -0.4 is 16.2 Å². The third-order valence-corrected chi connectivity index (χ3v) is 7.15. The molecule has 46 heavy (non-hydrogen) atoms. The molecular formula is C36H36N8O2. The molecule has 232 valence electrons. The van der Waals surface area contributed by atoms with Crippen molar-refractivity contribution in [3.05, 3.63) is 149 Å². The average molecular weight is 613 g/mol. The van der Waals surface area contributed by atoms with Gasteiger partial charge in [-0.25, -0.2) is 0 Å². The van der Waals surface area contributed by atoms with Crippen molar-refractivity contribution >= 4 is 17.8 Å².